The molecule has 0 saturated heterocycles. The highest BCUT2D eigenvalue weighted by Gasteiger charge is 2.13. The van der Waals surface area contributed by atoms with Gasteiger partial charge in [-0.2, -0.15) is 0 Å². The fraction of sp³-hybridized carbons (Fsp3) is 0.192. The van der Waals surface area contributed by atoms with Gasteiger partial charge in [0.1, 0.15) is 0 Å². The highest BCUT2D eigenvalue weighted by Crippen LogP contribution is 2.30. The normalized spacial score (nSPS) is 15.5. The predicted molar refractivity (Wildman–Crippen MR) is 131 cm³/mol. The average molecular weight is 397 g/mol. The van der Waals surface area contributed by atoms with E-state index < -0.39 is 0 Å². The van der Waals surface area contributed by atoms with Gasteiger partial charge in [-0.25, -0.2) is 4.99 Å². The molecule has 0 saturated carbocycles. The second kappa shape index (κ2) is 8.46. The lowest BCUT2D eigenvalue weighted by Crippen LogP contribution is -2.04. The Labute approximate surface area is 178 Å². The Morgan fingerprint density at radius 3 is 2.17 bits per heavy atom. The molecule has 0 bridgehead atoms. The molecule has 4 heteroatoms. The molecule has 0 fully saturated rings. The van der Waals surface area contributed by atoms with Crippen molar-refractivity contribution >= 4 is 36.1 Å². The molecule has 0 amide bonds. The van der Waals surface area contributed by atoms with Gasteiger partial charge in [0.15, 0.2) is 0 Å². The lowest BCUT2D eigenvalue weighted by Gasteiger charge is -2.14. The Morgan fingerprint density at radius 2 is 1.53 bits per heavy atom. The van der Waals surface area contributed by atoms with Crippen molar-refractivity contribution in [1.29, 1.82) is 0 Å². The predicted octanol–water partition coefficient (Wildman–Crippen LogP) is 6.82. The van der Waals surface area contributed by atoms with E-state index in [9.17, 15) is 0 Å². The molecule has 0 atom stereocenters. The summed E-state index contributed by atoms with van der Waals surface area (Å²) in [6, 6.07) is 4.04. The Morgan fingerprint density at radius 1 is 0.900 bits per heavy atom. The van der Waals surface area contributed by atoms with Crippen LogP contribution in [0.15, 0.2) is 69.3 Å². The van der Waals surface area contributed by atoms with Crippen LogP contribution in [0.25, 0.3) is 6.08 Å². The number of aromatic amines is 1. The summed E-state index contributed by atoms with van der Waals surface area (Å²) in [4.78, 5) is 17.0. The monoisotopic (exact) mass is 396 g/mol. The van der Waals surface area contributed by atoms with E-state index in [1.165, 1.54) is 11.1 Å². The fourth-order valence-corrected chi connectivity index (χ4v) is 3.38. The maximum absolute atomic E-state index is 4.84. The molecule has 30 heavy (non-hydrogen) atoms. The van der Waals surface area contributed by atoms with E-state index in [1.54, 1.807) is 0 Å². The Balaban J connectivity index is 1.90. The SMILES string of the molecule is C=Cc1[nH]c(C=NC2=CC(=C)/C(=N\c3cc(C)c(N=C)cc3C)C=C2C)c(C)c1C. The summed E-state index contributed by atoms with van der Waals surface area (Å²) in [7, 11) is 0. The number of benzene rings is 1. The molecule has 1 aromatic heterocycles. The second-order valence-electron chi connectivity index (χ2n) is 7.63. The summed E-state index contributed by atoms with van der Waals surface area (Å²) in [6.07, 6.45) is 7.70. The number of aliphatic imine (C=N–C) groups is 3. The zero-order chi connectivity index (χ0) is 22.0. The van der Waals surface area contributed by atoms with E-state index >= 15 is 0 Å². The van der Waals surface area contributed by atoms with Crippen molar-refractivity contribution < 1.29 is 0 Å². The third-order valence-electron chi connectivity index (χ3n) is 5.50. The van der Waals surface area contributed by atoms with Crippen LogP contribution in [0, 0.1) is 27.7 Å². The number of hydrogen-bond donors (Lipinski definition) is 1. The molecule has 1 aliphatic carbocycles. The number of aryl methyl sites for hydroxylation is 2. The maximum atomic E-state index is 4.84. The third-order valence-corrected chi connectivity index (χ3v) is 5.50. The molecule has 152 valence electrons. The summed E-state index contributed by atoms with van der Waals surface area (Å²) in [6.45, 7) is 21.9. The van der Waals surface area contributed by atoms with Crippen LogP contribution in [0.2, 0.25) is 0 Å². The van der Waals surface area contributed by atoms with Gasteiger partial charge < -0.3 is 4.98 Å². The first-order chi connectivity index (χ1) is 14.2. The van der Waals surface area contributed by atoms with Crippen LogP contribution in [-0.4, -0.2) is 23.6 Å². The lowest BCUT2D eigenvalue weighted by molar-refractivity contribution is 1.25. The maximum Gasteiger partial charge on any atom is 0.0707 e. The molecule has 4 nitrogen and oxygen atoms in total. The summed E-state index contributed by atoms with van der Waals surface area (Å²) >= 11 is 0. The zero-order valence-electron chi connectivity index (χ0n) is 18.4. The van der Waals surface area contributed by atoms with Gasteiger partial charge in [0.2, 0.25) is 0 Å². The molecule has 2 aromatic rings. The Bertz CT molecular complexity index is 1180. The van der Waals surface area contributed by atoms with Crippen molar-refractivity contribution in [2.24, 2.45) is 15.0 Å². The summed E-state index contributed by atoms with van der Waals surface area (Å²) in [5.41, 5.74) is 11.9. The van der Waals surface area contributed by atoms with Crippen molar-refractivity contribution in [3.63, 3.8) is 0 Å². The molecule has 1 aromatic carbocycles. The van der Waals surface area contributed by atoms with Crippen molar-refractivity contribution in [2.45, 2.75) is 34.6 Å². The first kappa shape index (κ1) is 21.2. The van der Waals surface area contributed by atoms with Crippen molar-refractivity contribution in [3.05, 3.63) is 87.9 Å². The number of nitrogens with one attached hydrogen (secondary N) is 1. The minimum absolute atomic E-state index is 0.835. The zero-order valence-corrected chi connectivity index (χ0v) is 18.4. The molecule has 1 N–H and O–H groups in total. The Hall–Kier alpha value is -3.53. The van der Waals surface area contributed by atoms with Crippen LogP contribution >= 0.6 is 0 Å². The van der Waals surface area contributed by atoms with Crippen LogP contribution in [0.4, 0.5) is 11.4 Å². The third kappa shape index (κ3) is 4.08. The molecule has 0 aliphatic heterocycles. The van der Waals surface area contributed by atoms with E-state index in [4.69, 9.17) is 9.98 Å². The first-order valence-electron chi connectivity index (χ1n) is 9.87. The minimum Gasteiger partial charge on any atom is -0.354 e. The van der Waals surface area contributed by atoms with E-state index in [-0.39, 0.29) is 0 Å². The molecular formula is C26H28N4. The molecule has 0 spiro atoms. The van der Waals surface area contributed by atoms with Crippen LogP contribution in [0.3, 0.4) is 0 Å². The molecule has 1 aliphatic rings. The van der Waals surface area contributed by atoms with Crippen molar-refractivity contribution in [1.82, 2.24) is 4.98 Å². The molecular weight excluding hydrogens is 368 g/mol. The van der Waals surface area contributed by atoms with Gasteiger partial charge in [0, 0.05) is 5.69 Å². The van der Waals surface area contributed by atoms with Gasteiger partial charge in [-0.1, -0.05) is 13.2 Å². The number of aromatic nitrogens is 1. The highest BCUT2D eigenvalue weighted by atomic mass is 14.8. The number of hydrogen-bond acceptors (Lipinski definition) is 3. The summed E-state index contributed by atoms with van der Waals surface area (Å²) in [5, 5.41) is 0. The van der Waals surface area contributed by atoms with Crippen LogP contribution in [0.1, 0.15) is 40.6 Å². The summed E-state index contributed by atoms with van der Waals surface area (Å²) < 4.78 is 0. The molecule has 1 heterocycles. The smallest absolute Gasteiger partial charge is 0.0707 e. The van der Waals surface area contributed by atoms with E-state index in [0.29, 0.717) is 0 Å². The van der Waals surface area contributed by atoms with Gasteiger partial charge in [-0.05, 0) is 105 Å². The number of nitrogens with zero attached hydrogens (tertiary/aromatic N) is 3. The van der Waals surface area contributed by atoms with Crippen LogP contribution in [0.5, 0.6) is 0 Å². The molecule has 3 rings (SSSR count). The van der Waals surface area contributed by atoms with Gasteiger partial charge in [-0.15, -0.1) is 0 Å². The van der Waals surface area contributed by atoms with Crippen molar-refractivity contribution in [3.8, 4) is 0 Å². The fourth-order valence-electron chi connectivity index (χ4n) is 3.38. The van der Waals surface area contributed by atoms with Crippen LogP contribution in [-0.2, 0) is 0 Å². The van der Waals surface area contributed by atoms with E-state index in [2.05, 4.69) is 43.7 Å². The summed E-state index contributed by atoms with van der Waals surface area (Å²) in [5.74, 6) is 0. The van der Waals surface area contributed by atoms with E-state index in [1.807, 2.05) is 57.3 Å². The highest BCUT2D eigenvalue weighted by molar-refractivity contribution is 6.13. The van der Waals surface area contributed by atoms with Gasteiger partial charge in [-0.3, -0.25) is 9.98 Å². The van der Waals surface area contributed by atoms with Gasteiger partial charge >= 0.3 is 0 Å². The van der Waals surface area contributed by atoms with Gasteiger partial charge in [0.05, 0.1) is 34.7 Å². The molecule has 0 radical (unpaired) electrons. The average Bonchev–Trinajstić information content (AvgIpc) is 2.99. The van der Waals surface area contributed by atoms with Crippen LogP contribution < -0.4 is 0 Å². The largest absolute Gasteiger partial charge is 0.354 e. The number of allylic oxidation sites excluding steroid dienone is 4. The number of H-pyrrole nitrogens is 1. The van der Waals surface area contributed by atoms with Gasteiger partial charge in [0.25, 0.3) is 0 Å². The number of rotatable bonds is 5. The minimum atomic E-state index is 0.835. The molecule has 0 unspecified atom stereocenters. The standard InChI is InChI=1S/C26H28N4/c1-9-21-19(6)20(7)26(29-21)14-28-23-11-18(5)25(13-16(23)3)30-24-12-15(2)22(27-8)10-17(24)4/h9-14,29H,1,5,8H2,2-4,6-7H3/b28-14?,30-25-. The topological polar surface area (TPSA) is 52.9 Å². The second-order valence-corrected chi connectivity index (χ2v) is 7.63. The van der Waals surface area contributed by atoms with Crippen molar-refractivity contribution in [2.75, 3.05) is 0 Å². The Kier molecular flexibility index (Phi) is 5.97. The van der Waals surface area contributed by atoms with E-state index in [0.717, 1.165) is 56.4 Å². The lowest BCUT2D eigenvalue weighted by atomic mass is 9.99. The quantitative estimate of drug-likeness (QED) is 0.540. The first-order valence-corrected chi connectivity index (χ1v) is 9.87.